The number of aromatic nitrogens is 1. The number of hydrazine groups is 1. The van der Waals surface area contributed by atoms with E-state index in [4.69, 9.17) is 5.84 Å². The zero-order valence-corrected chi connectivity index (χ0v) is 10.4. The van der Waals surface area contributed by atoms with Gasteiger partial charge in [-0.2, -0.15) is 0 Å². The first-order valence-electron chi connectivity index (χ1n) is 6.02. The van der Waals surface area contributed by atoms with Crippen molar-refractivity contribution in [2.45, 2.75) is 38.6 Å². The fourth-order valence-corrected chi connectivity index (χ4v) is 2.90. The van der Waals surface area contributed by atoms with Gasteiger partial charge in [0.2, 0.25) is 0 Å². The van der Waals surface area contributed by atoms with Gasteiger partial charge in [0.25, 0.3) is 0 Å². The predicted octanol–water partition coefficient (Wildman–Crippen LogP) is 2.19. The van der Waals surface area contributed by atoms with Crippen LogP contribution in [0.15, 0.2) is 6.20 Å². The molecule has 2 heterocycles. The number of anilines is 1. The number of nitrogens with two attached hydrogens (primary N) is 1. The number of thiazole rings is 1. The Morgan fingerprint density at radius 2 is 1.94 bits per heavy atom. The van der Waals surface area contributed by atoms with Crippen molar-refractivity contribution in [3.05, 3.63) is 11.1 Å². The number of hydrogen-bond donors (Lipinski definition) is 2. The highest BCUT2D eigenvalue weighted by atomic mass is 32.1. The van der Waals surface area contributed by atoms with Crippen molar-refractivity contribution < 1.29 is 0 Å². The predicted molar refractivity (Wildman–Crippen MR) is 68.3 cm³/mol. The van der Waals surface area contributed by atoms with E-state index in [-0.39, 0.29) is 0 Å². The Hall–Kier alpha value is -0.650. The van der Waals surface area contributed by atoms with E-state index in [1.165, 1.54) is 50.1 Å². The first kappa shape index (κ1) is 11.8. The molecule has 1 aromatic heterocycles. The van der Waals surface area contributed by atoms with Crippen molar-refractivity contribution in [3.8, 4) is 0 Å². The maximum Gasteiger partial charge on any atom is 0.197 e. The van der Waals surface area contributed by atoms with E-state index in [2.05, 4.69) is 15.3 Å². The Morgan fingerprint density at radius 1 is 1.25 bits per heavy atom. The van der Waals surface area contributed by atoms with Crippen LogP contribution in [0.4, 0.5) is 5.13 Å². The minimum Gasteiger partial charge on any atom is -0.300 e. The normalized spacial score (nSPS) is 19.1. The molecule has 0 aliphatic carbocycles. The van der Waals surface area contributed by atoms with Gasteiger partial charge in [-0.1, -0.05) is 30.6 Å². The highest BCUT2D eigenvalue weighted by Gasteiger charge is 2.10. The molecule has 0 aromatic carbocycles. The molecule has 0 radical (unpaired) electrons. The minimum absolute atomic E-state index is 0.807. The van der Waals surface area contributed by atoms with Crippen LogP contribution >= 0.6 is 11.3 Å². The summed E-state index contributed by atoms with van der Waals surface area (Å²) in [6.07, 6.45) is 8.78. The summed E-state index contributed by atoms with van der Waals surface area (Å²) in [5.74, 6) is 5.33. The summed E-state index contributed by atoms with van der Waals surface area (Å²) < 4.78 is 0. The molecular weight excluding hydrogens is 220 g/mol. The van der Waals surface area contributed by atoms with Crippen molar-refractivity contribution in [1.82, 2.24) is 9.88 Å². The van der Waals surface area contributed by atoms with Crippen LogP contribution in [0.25, 0.3) is 0 Å². The topological polar surface area (TPSA) is 54.2 Å². The Kier molecular flexibility index (Phi) is 4.56. The van der Waals surface area contributed by atoms with Gasteiger partial charge < -0.3 is 0 Å². The third-order valence-electron chi connectivity index (χ3n) is 3.01. The molecule has 5 heteroatoms. The Morgan fingerprint density at radius 3 is 2.56 bits per heavy atom. The third kappa shape index (κ3) is 3.43. The quantitative estimate of drug-likeness (QED) is 0.628. The van der Waals surface area contributed by atoms with E-state index >= 15 is 0 Å². The second kappa shape index (κ2) is 6.18. The standard InChI is InChI=1S/C11H20N4S/c12-14-11-13-8-10(16-11)9-15-6-4-2-1-3-5-7-15/h8H,1-7,9,12H2,(H,13,14). The number of rotatable bonds is 3. The maximum atomic E-state index is 5.33. The Balaban J connectivity index is 1.86. The maximum absolute atomic E-state index is 5.33. The molecule has 1 aromatic rings. The van der Waals surface area contributed by atoms with Gasteiger partial charge in [0.05, 0.1) is 0 Å². The van der Waals surface area contributed by atoms with Gasteiger partial charge in [-0.25, -0.2) is 10.8 Å². The lowest BCUT2D eigenvalue weighted by Gasteiger charge is -2.23. The largest absolute Gasteiger partial charge is 0.300 e. The van der Waals surface area contributed by atoms with E-state index in [1.807, 2.05) is 6.20 Å². The van der Waals surface area contributed by atoms with Crippen LogP contribution in [0.2, 0.25) is 0 Å². The Labute approximate surface area is 101 Å². The zero-order chi connectivity index (χ0) is 11.2. The summed E-state index contributed by atoms with van der Waals surface area (Å²) in [6, 6.07) is 0. The van der Waals surface area contributed by atoms with Crippen LogP contribution in [0.1, 0.15) is 37.0 Å². The summed E-state index contributed by atoms with van der Waals surface area (Å²) in [5, 5.41) is 0.807. The SMILES string of the molecule is NNc1ncc(CN2CCCCCCC2)s1. The molecule has 0 unspecified atom stereocenters. The second-order valence-corrected chi connectivity index (χ2v) is 5.44. The minimum atomic E-state index is 0.807. The molecule has 0 spiro atoms. The van der Waals surface area contributed by atoms with E-state index in [1.54, 1.807) is 11.3 Å². The molecular formula is C11H20N4S. The monoisotopic (exact) mass is 240 g/mol. The van der Waals surface area contributed by atoms with E-state index in [0.717, 1.165) is 11.7 Å². The van der Waals surface area contributed by atoms with Crippen molar-refractivity contribution in [3.63, 3.8) is 0 Å². The first-order valence-corrected chi connectivity index (χ1v) is 6.84. The van der Waals surface area contributed by atoms with Crippen LogP contribution in [0.3, 0.4) is 0 Å². The number of nitrogens with one attached hydrogen (secondary N) is 1. The van der Waals surface area contributed by atoms with Crippen LogP contribution in [-0.2, 0) is 6.54 Å². The number of nitrogens with zero attached hydrogens (tertiary/aromatic N) is 2. The van der Waals surface area contributed by atoms with Gasteiger partial charge in [-0.05, 0) is 25.9 Å². The average molecular weight is 240 g/mol. The smallest absolute Gasteiger partial charge is 0.197 e. The van der Waals surface area contributed by atoms with Gasteiger partial charge in [-0.3, -0.25) is 10.3 Å². The van der Waals surface area contributed by atoms with Crippen LogP contribution in [-0.4, -0.2) is 23.0 Å². The molecule has 0 amide bonds. The zero-order valence-electron chi connectivity index (χ0n) is 9.61. The van der Waals surface area contributed by atoms with Crippen LogP contribution in [0, 0.1) is 0 Å². The second-order valence-electron chi connectivity index (χ2n) is 4.32. The summed E-state index contributed by atoms with van der Waals surface area (Å²) in [4.78, 5) is 8.03. The number of nitrogen functional groups attached to an aromatic ring is 1. The van der Waals surface area contributed by atoms with Crippen LogP contribution < -0.4 is 11.3 Å². The molecule has 0 saturated carbocycles. The Bertz CT molecular complexity index is 305. The van der Waals surface area contributed by atoms with E-state index in [0.29, 0.717) is 0 Å². The highest BCUT2D eigenvalue weighted by molar-refractivity contribution is 7.15. The van der Waals surface area contributed by atoms with Gasteiger partial charge in [0.1, 0.15) is 0 Å². The van der Waals surface area contributed by atoms with Gasteiger partial charge in [-0.15, -0.1) is 0 Å². The average Bonchev–Trinajstić information content (AvgIpc) is 2.69. The fraction of sp³-hybridized carbons (Fsp3) is 0.727. The lowest BCUT2D eigenvalue weighted by Crippen LogP contribution is -2.26. The summed E-state index contributed by atoms with van der Waals surface area (Å²) in [7, 11) is 0. The molecule has 0 atom stereocenters. The summed E-state index contributed by atoms with van der Waals surface area (Å²) in [5.41, 5.74) is 2.60. The van der Waals surface area contributed by atoms with Crippen LogP contribution in [0.5, 0.6) is 0 Å². The molecule has 0 bridgehead atoms. The van der Waals surface area contributed by atoms with Gasteiger partial charge in [0, 0.05) is 17.6 Å². The molecule has 3 N–H and O–H groups in total. The lowest BCUT2D eigenvalue weighted by atomic mass is 10.1. The summed E-state index contributed by atoms with van der Waals surface area (Å²) in [6.45, 7) is 3.48. The van der Waals surface area contributed by atoms with Gasteiger partial charge >= 0.3 is 0 Å². The van der Waals surface area contributed by atoms with Crippen molar-refractivity contribution in [1.29, 1.82) is 0 Å². The molecule has 1 saturated heterocycles. The van der Waals surface area contributed by atoms with Gasteiger partial charge in [0.15, 0.2) is 5.13 Å². The number of likely N-dealkylation sites (tertiary alicyclic amines) is 1. The lowest BCUT2D eigenvalue weighted by molar-refractivity contribution is 0.241. The van der Waals surface area contributed by atoms with Crippen molar-refractivity contribution in [2.75, 3.05) is 18.5 Å². The highest BCUT2D eigenvalue weighted by Crippen LogP contribution is 2.20. The molecule has 90 valence electrons. The van der Waals surface area contributed by atoms with Crippen molar-refractivity contribution in [2.24, 2.45) is 5.84 Å². The number of hydrogen-bond acceptors (Lipinski definition) is 5. The molecule has 1 aliphatic heterocycles. The first-order chi connectivity index (χ1) is 7.88. The van der Waals surface area contributed by atoms with E-state index < -0.39 is 0 Å². The molecule has 1 fully saturated rings. The molecule has 1 aliphatic rings. The van der Waals surface area contributed by atoms with Crippen molar-refractivity contribution >= 4 is 16.5 Å². The summed E-state index contributed by atoms with van der Waals surface area (Å²) >= 11 is 1.65. The van der Waals surface area contributed by atoms with E-state index in [9.17, 15) is 0 Å². The molecule has 4 nitrogen and oxygen atoms in total. The fourth-order valence-electron chi connectivity index (χ4n) is 2.14. The molecule has 2 rings (SSSR count). The molecule has 16 heavy (non-hydrogen) atoms. The third-order valence-corrected chi connectivity index (χ3v) is 3.92.